The molecule has 0 radical (unpaired) electrons. The zero-order chi connectivity index (χ0) is 13.8. The normalized spacial score (nSPS) is 16.7. The summed E-state index contributed by atoms with van der Waals surface area (Å²) in [5.41, 5.74) is 1.26. The summed E-state index contributed by atoms with van der Waals surface area (Å²) in [6.07, 6.45) is 0. The molecule has 0 bridgehead atoms. The molecule has 0 aromatic heterocycles. The van der Waals surface area contributed by atoms with Crippen LogP contribution < -0.4 is 14.8 Å². The molecule has 4 heteroatoms. The molecule has 0 amide bonds. The molecule has 1 aromatic rings. The van der Waals surface area contributed by atoms with Crippen molar-refractivity contribution in [2.45, 2.75) is 32.1 Å². The van der Waals surface area contributed by atoms with Crippen molar-refractivity contribution in [1.82, 2.24) is 5.32 Å². The Kier molecular flexibility index (Phi) is 4.99. The number of thioether (sulfide) groups is 1. The number of fused-ring (bicyclic) bond motifs is 1. The summed E-state index contributed by atoms with van der Waals surface area (Å²) in [5.74, 6) is 3.48. The number of benzene rings is 1. The Morgan fingerprint density at radius 1 is 1.21 bits per heavy atom. The summed E-state index contributed by atoms with van der Waals surface area (Å²) >= 11 is 2.01. The van der Waals surface area contributed by atoms with Crippen molar-refractivity contribution in [1.29, 1.82) is 0 Å². The van der Waals surface area contributed by atoms with Gasteiger partial charge in [-0.15, -0.1) is 0 Å². The molecule has 1 aliphatic heterocycles. The molecule has 2 unspecified atom stereocenters. The smallest absolute Gasteiger partial charge is 0.231 e. The summed E-state index contributed by atoms with van der Waals surface area (Å²) in [5, 5.41) is 4.06. The number of ether oxygens (including phenoxy) is 2. The molecule has 0 aliphatic carbocycles. The fourth-order valence-corrected chi connectivity index (χ4v) is 3.16. The first kappa shape index (κ1) is 14.5. The largest absolute Gasteiger partial charge is 0.454 e. The molecular formula is C15H23NO2S. The lowest BCUT2D eigenvalue weighted by molar-refractivity contribution is 0.174. The SMILES string of the molecule is CNC(CSC(C)C(C)C)c1ccc2c(c1)OCO2. The maximum atomic E-state index is 5.44. The highest BCUT2D eigenvalue weighted by molar-refractivity contribution is 7.99. The Morgan fingerprint density at radius 3 is 2.63 bits per heavy atom. The lowest BCUT2D eigenvalue weighted by atomic mass is 10.1. The topological polar surface area (TPSA) is 30.5 Å². The fourth-order valence-electron chi connectivity index (χ4n) is 1.92. The fraction of sp³-hybridized carbons (Fsp3) is 0.600. The van der Waals surface area contributed by atoms with E-state index in [-0.39, 0.29) is 0 Å². The first-order chi connectivity index (χ1) is 9.11. The van der Waals surface area contributed by atoms with Crippen LogP contribution in [0.1, 0.15) is 32.4 Å². The van der Waals surface area contributed by atoms with Crippen molar-refractivity contribution in [3.8, 4) is 11.5 Å². The molecule has 1 aliphatic rings. The number of nitrogens with one attached hydrogen (secondary N) is 1. The predicted octanol–water partition coefficient (Wildman–Crippen LogP) is 3.45. The Morgan fingerprint density at radius 2 is 1.95 bits per heavy atom. The van der Waals surface area contributed by atoms with E-state index in [1.165, 1.54) is 5.56 Å². The molecule has 0 saturated carbocycles. The Balaban J connectivity index is 2.01. The molecular weight excluding hydrogens is 258 g/mol. The molecule has 2 atom stereocenters. The number of hydrogen-bond acceptors (Lipinski definition) is 4. The highest BCUT2D eigenvalue weighted by atomic mass is 32.2. The van der Waals surface area contributed by atoms with E-state index >= 15 is 0 Å². The Hall–Kier alpha value is -0.870. The van der Waals surface area contributed by atoms with Crippen LogP contribution in [0.4, 0.5) is 0 Å². The van der Waals surface area contributed by atoms with Crippen LogP contribution in [0.25, 0.3) is 0 Å². The first-order valence-electron chi connectivity index (χ1n) is 6.80. The van der Waals surface area contributed by atoms with E-state index < -0.39 is 0 Å². The van der Waals surface area contributed by atoms with E-state index in [4.69, 9.17) is 9.47 Å². The van der Waals surface area contributed by atoms with Crippen LogP contribution in [0.3, 0.4) is 0 Å². The number of hydrogen-bond donors (Lipinski definition) is 1. The van der Waals surface area contributed by atoms with E-state index in [1.807, 2.05) is 24.9 Å². The lowest BCUT2D eigenvalue weighted by Crippen LogP contribution is -2.20. The molecule has 106 valence electrons. The average Bonchev–Trinajstić information content (AvgIpc) is 2.86. The second-order valence-electron chi connectivity index (χ2n) is 5.24. The maximum absolute atomic E-state index is 5.44. The van der Waals surface area contributed by atoms with Crippen molar-refractivity contribution in [2.75, 3.05) is 19.6 Å². The van der Waals surface area contributed by atoms with Crippen molar-refractivity contribution in [3.05, 3.63) is 23.8 Å². The molecule has 0 spiro atoms. The van der Waals surface area contributed by atoms with Crippen molar-refractivity contribution >= 4 is 11.8 Å². The highest BCUT2D eigenvalue weighted by Crippen LogP contribution is 2.35. The minimum atomic E-state index is 0.335. The van der Waals surface area contributed by atoms with Crippen LogP contribution in [-0.2, 0) is 0 Å². The van der Waals surface area contributed by atoms with Crippen LogP contribution in [0.5, 0.6) is 11.5 Å². The molecule has 3 nitrogen and oxygen atoms in total. The molecule has 2 rings (SSSR count). The van der Waals surface area contributed by atoms with Gasteiger partial charge in [0.15, 0.2) is 11.5 Å². The van der Waals surface area contributed by atoms with Gasteiger partial charge in [0.2, 0.25) is 6.79 Å². The van der Waals surface area contributed by atoms with Crippen molar-refractivity contribution < 1.29 is 9.47 Å². The van der Waals surface area contributed by atoms with E-state index in [0.717, 1.165) is 17.3 Å². The molecule has 1 N–H and O–H groups in total. The molecule has 1 heterocycles. The van der Waals surface area contributed by atoms with Crippen LogP contribution >= 0.6 is 11.8 Å². The van der Waals surface area contributed by atoms with Gasteiger partial charge < -0.3 is 14.8 Å². The quantitative estimate of drug-likeness (QED) is 0.865. The molecule has 1 aromatic carbocycles. The zero-order valence-electron chi connectivity index (χ0n) is 12.1. The minimum absolute atomic E-state index is 0.335. The summed E-state index contributed by atoms with van der Waals surface area (Å²) in [7, 11) is 2.01. The second kappa shape index (κ2) is 6.53. The van der Waals surface area contributed by atoms with Gasteiger partial charge in [-0.1, -0.05) is 26.8 Å². The van der Waals surface area contributed by atoms with Crippen LogP contribution in [0.15, 0.2) is 18.2 Å². The standard InChI is InChI=1S/C15H23NO2S/c1-10(2)11(3)19-8-13(16-4)12-5-6-14-15(7-12)18-9-17-14/h5-7,10-11,13,16H,8-9H2,1-4H3. The van der Waals surface area contributed by atoms with Gasteiger partial charge in [-0.05, 0) is 30.7 Å². The Labute approximate surface area is 120 Å². The van der Waals surface area contributed by atoms with Gasteiger partial charge in [0.1, 0.15) is 0 Å². The third kappa shape index (κ3) is 3.57. The van der Waals surface area contributed by atoms with E-state index in [2.05, 4.69) is 38.2 Å². The van der Waals surface area contributed by atoms with Gasteiger partial charge in [0.05, 0.1) is 0 Å². The van der Waals surface area contributed by atoms with Crippen LogP contribution in [-0.4, -0.2) is 24.8 Å². The van der Waals surface area contributed by atoms with Gasteiger partial charge in [-0.2, -0.15) is 11.8 Å². The summed E-state index contributed by atoms with van der Waals surface area (Å²) < 4.78 is 10.8. The van der Waals surface area contributed by atoms with Gasteiger partial charge in [0, 0.05) is 17.0 Å². The summed E-state index contributed by atoms with van der Waals surface area (Å²) in [4.78, 5) is 0. The maximum Gasteiger partial charge on any atom is 0.231 e. The molecule has 0 saturated heterocycles. The summed E-state index contributed by atoms with van der Waals surface area (Å²) in [6.45, 7) is 7.17. The zero-order valence-corrected chi connectivity index (χ0v) is 12.9. The lowest BCUT2D eigenvalue weighted by Gasteiger charge is -2.21. The van der Waals surface area contributed by atoms with Gasteiger partial charge in [-0.25, -0.2) is 0 Å². The third-order valence-corrected chi connectivity index (χ3v) is 5.21. The van der Waals surface area contributed by atoms with E-state index in [0.29, 0.717) is 24.0 Å². The number of rotatable bonds is 6. The molecule has 0 fully saturated rings. The van der Waals surface area contributed by atoms with Gasteiger partial charge >= 0.3 is 0 Å². The average molecular weight is 281 g/mol. The van der Waals surface area contributed by atoms with Crippen LogP contribution in [0, 0.1) is 5.92 Å². The Bertz CT molecular complexity index is 423. The van der Waals surface area contributed by atoms with Crippen molar-refractivity contribution in [3.63, 3.8) is 0 Å². The predicted molar refractivity (Wildman–Crippen MR) is 81.1 cm³/mol. The highest BCUT2D eigenvalue weighted by Gasteiger charge is 2.18. The van der Waals surface area contributed by atoms with Gasteiger partial charge in [0.25, 0.3) is 0 Å². The second-order valence-corrected chi connectivity index (χ2v) is 6.65. The summed E-state index contributed by atoms with van der Waals surface area (Å²) in [6, 6.07) is 6.55. The van der Waals surface area contributed by atoms with Crippen molar-refractivity contribution in [2.24, 2.45) is 5.92 Å². The third-order valence-electron chi connectivity index (χ3n) is 3.61. The minimum Gasteiger partial charge on any atom is -0.454 e. The van der Waals surface area contributed by atoms with E-state index in [1.54, 1.807) is 0 Å². The molecule has 19 heavy (non-hydrogen) atoms. The first-order valence-corrected chi connectivity index (χ1v) is 7.85. The van der Waals surface area contributed by atoms with Gasteiger partial charge in [-0.3, -0.25) is 0 Å². The van der Waals surface area contributed by atoms with Crippen LogP contribution in [0.2, 0.25) is 0 Å². The van der Waals surface area contributed by atoms with E-state index in [9.17, 15) is 0 Å². The monoisotopic (exact) mass is 281 g/mol.